The minimum atomic E-state index is -0.571. The zero-order valence-electron chi connectivity index (χ0n) is 13.0. The van der Waals surface area contributed by atoms with Crippen molar-refractivity contribution in [3.8, 4) is 5.75 Å². The van der Waals surface area contributed by atoms with Gasteiger partial charge in [0.1, 0.15) is 17.1 Å². The maximum Gasteiger partial charge on any atom is 0.256 e. The summed E-state index contributed by atoms with van der Waals surface area (Å²) in [6.45, 7) is 2.99. The van der Waals surface area contributed by atoms with Gasteiger partial charge in [0.2, 0.25) is 0 Å². The Morgan fingerprint density at radius 1 is 1.22 bits per heavy atom. The molecule has 8 nitrogen and oxygen atoms in total. The van der Waals surface area contributed by atoms with E-state index in [2.05, 4.69) is 15.1 Å². The molecule has 122 valence electrons. The summed E-state index contributed by atoms with van der Waals surface area (Å²) in [5, 5.41) is 6.75. The minimum Gasteiger partial charge on any atom is -0.495 e. The van der Waals surface area contributed by atoms with E-state index in [1.807, 2.05) is 29.2 Å². The first-order valence-corrected chi connectivity index (χ1v) is 7.38. The number of nitrogen functional groups attached to an aromatic ring is 1. The van der Waals surface area contributed by atoms with Crippen molar-refractivity contribution in [2.45, 2.75) is 0 Å². The fourth-order valence-corrected chi connectivity index (χ4v) is 2.87. The van der Waals surface area contributed by atoms with Gasteiger partial charge in [-0.25, -0.2) is 0 Å². The van der Waals surface area contributed by atoms with Crippen LogP contribution in [0.25, 0.3) is 0 Å². The highest BCUT2D eigenvalue weighted by Gasteiger charge is 2.26. The lowest BCUT2D eigenvalue weighted by Crippen LogP contribution is -2.47. The summed E-state index contributed by atoms with van der Waals surface area (Å²) in [7, 11) is 1.67. The van der Waals surface area contributed by atoms with Crippen molar-refractivity contribution in [1.82, 2.24) is 10.2 Å². The molecule has 0 aliphatic carbocycles. The number of piperazine rings is 1. The Bertz CT molecular complexity index is 706. The van der Waals surface area contributed by atoms with Crippen molar-refractivity contribution in [3.05, 3.63) is 29.8 Å². The molecule has 0 bridgehead atoms. The molecule has 0 spiro atoms. The van der Waals surface area contributed by atoms with E-state index in [0.717, 1.165) is 24.5 Å². The molecule has 1 aromatic heterocycles. The molecule has 3 rings (SSSR count). The number of carbonyl (C=O) groups excluding carboxylic acids is 1. The summed E-state index contributed by atoms with van der Waals surface area (Å²) in [5.74, 6) is 1.01. The number of para-hydroxylation sites is 2. The highest BCUT2D eigenvalue weighted by atomic mass is 16.5. The Morgan fingerprint density at radius 2 is 1.87 bits per heavy atom. The van der Waals surface area contributed by atoms with Crippen molar-refractivity contribution in [2.24, 2.45) is 5.73 Å². The van der Waals surface area contributed by atoms with E-state index >= 15 is 0 Å². The summed E-state index contributed by atoms with van der Waals surface area (Å²) in [6.07, 6.45) is 0. The van der Waals surface area contributed by atoms with Crippen LogP contribution in [-0.4, -0.2) is 49.4 Å². The molecule has 0 atom stereocenters. The molecule has 0 saturated carbocycles. The summed E-state index contributed by atoms with van der Waals surface area (Å²) in [5.41, 5.74) is 12.4. The second kappa shape index (κ2) is 6.07. The first kappa shape index (κ1) is 15.0. The van der Waals surface area contributed by atoms with Gasteiger partial charge in [-0.05, 0) is 12.1 Å². The lowest BCUT2D eigenvalue weighted by atomic mass is 10.2. The average molecular weight is 316 g/mol. The number of nitrogens with two attached hydrogens (primary N) is 2. The van der Waals surface area contributed by atoms with Crippen LogP contribution < -0.4 is 26.0 Å². The van der Waals surface area contributed by atoms with E-state index in [1.54, 1.807) is 7.11 Å². The maximum absolute atomic E-state index is 11.5. The van der Waals surface area contributed by atoms with E-state index in [4.69, 9.17) is 16.2 Å². The van der Waals surface area contributed by atoms with Crippen LogP contribution in [0.4, 0.5) is 17.3 Å². The zero-order valence-corrected chi connectivity index (χ0v) is 13.0. The number of aromatic nitrogens is 2. The Balaban J connectivity index is 1.75. The first-order chi connectivity index (χ1) is 11.1. The van der Waals surface area contributed by atoms with Gasteiger partial charge in [0, 0.05) is 26.2 Å². The van der Waals surface area contributed by atoms with E-state index in [0.29, 0.717) is 18.9 Å². The number of carbonyl (C=O) groups is 1. The molecule has 1 aliphatic rings. The SMILES string of the molecule is COc1ccccc1N1CCN(c2n[nH]c(N)c2C(N)=O)CC1. The van der Waals surface area contributed by atoms with Crippen LogP contribution in [0.15, 0.2) is 24.3 Å². The Morgan fingerprint density at radius 3 is 2.52 bits per heavy atom. The average Bonchev–Trinajstić information content (AvgIpc) is 2.97. The van der Waals surface area contributed by atoms with Crippen molar-refractivity contribution in [1.29, 1.82) is 0 Å². The van der Waals surface area contributed by atoms with Crippen molar-refractivity contribution >= 4 is 23.2 Å². The van der Waals surface area contributed by atoms with Crippen molar-refractivity contribution < 1.29 is 9.53 Å². The standard InChI is InChI=1S/C15H20N6O2/c1-23-11-5-3-2-4-10(11)20-6-8-21(9-7-20)15-12(14(17)22)13(16)18-19-15/h2-5H,6-9H2,1H3,(H2,17,22)(H3,16,18,19). The number of benzene rings is 1. The second-order valence-electron chi connectivity index (χ2n) is 5.35. The smallest absolute Gasteiger partial charge is 0.256 e. The molecular weight excluding hydrogens is 296 g/mol. The number of rotatable bonds is 4. The third kappa shape index (κ3) is 2.75. The predicted molar refractivity (Wildman–Crippen MR) is 88.9 cm³/mol. The first-order valence-electron chi connectivity index (χ1n) is 7.38. The molecule has 5 N–H and O–H groups in total. The number of primary amides is 1. The van der Waals surface area contributed by atoms with Crippen LogP contribution in [-0.2, 0) is 0 Å². The van der Waals surface area contributed by atoms with E-state index in [-0.39, 0.29) is 11.4 Å². The molecule has 0 unspecified atom stereocenters. The van der Waals surface area contributed by atoms with E-state index < -0.39 is 5.91 Å². The summed E-state index contributed by atoms with van der Waals surface area (Å²) in [6, 6.07) is 7.92. The van der Waals surface area contributed by atoms with Crippen LogP contribution in [0, 0.1) is 0 Å². The van der Waals surface area contributed by atoms with Crippen LogP contribution in [0.1, 0.15) is 10.4 Å². The van der Waals surface area contributed by atoms with Crippen molar-refractivity contribution in [3.63, 3.8) is 0 Å². The molecule has 1 amide bonds. The highest BCUT2D eigenvalue weighted by molar-refractivity contribution is 6.02. The van der Waals surface area contributed by atoms with Crippen LogP contribution >= 0.6 is 0 Å². The molecule has 1 fully saturated rings. The van der Waals surface area contributed by atoms with Gasteiger partial charge < -0.3 is 26.0 Å². The van der Waals surface area contributed by atoms with Gasteiger partial charge >= 0.3 is 0 Å². The van der Waals surface area contributed by atoms with Crippen LogP contribution in [0.2, 0.25) is 0 Å². The molecule has 2 heterocycles. The molecule has 0 radical (unpaired) electrons. The van der Waals surface area contributed by atoms with Crippen molar-refractivity contribution in [2.75, 3.05) is 48.8 Å². The Labute approximate surface area is 134 Å². The Hall–Kier alpha value is -2.90. The molecule has 1 aliphatic heterocycles. The number of nitrogens with one attached hydrogen (secondary N) is 1. The zero-order chi connectivity index (χ0) is 16.4. The normalized spacial score (nSPS) is 14.8. The van der Waals surface area contributed by atoms with Gasteiger partial charge in [-0.1, -0.05) is 12.1 Å². The van der Waals surface area contributed by atoms with Gasteiger partial charge in [-0.15, -0.1) is 0 Å². The second-order valence-corrected chi connectivity index (χ2v) is 5.35. The summed E-state index contributed by atoms with van der Waals surface area (Å²) < 4.78 is 5.41. The number of hydrogen-bond donors (Lipinski definition) is 3. The number of aromatic amines is 1. The third-order valence-corrected chi connectivity index (χ3v) is 4.03. The van der Waals surface area contributed by atoms with Crippen LogP contribution in [0.5, 0.6) is 5.75 Å². The third-order valence-electron chi connectivity index (χ3n) is 4.03. The molecule has 1 saturated heterocycles. The lowest BCUT2D eigenvalue weighted by Gasteiger charge is -2.36. The topological polar surface area (TPSA) is 114 Å². The van der Waals surface area contributed by atoms with E-state index in [9.17, 15) is 4.79 Å². The fourth-order valence-electron chi connectivity index (χ4n) is 2.87. The van der Waals surface area contributed by atoms with Gasteiger partial charge in [-0.3, -0.25) is 9.89 Å². The lowest BCUT2D eigenvalue weighted by molar-refractivity contribution is 0.100. The van der Waals surface area contributed by atoms with Crippen LogP contribution in [0.3, 0.4) is 0 Å². The Kier molecular flexibility index (Phi) is 3.96. The number of H-pyrrole nitrogens is 1. The quantitative estimate of drug-likeness (QED) is 0.753. The van der Waals surface area contributed by atoms with Gasteiger partial charge in [0.25, 0.3) is 5.91 Å². The molecule has 1 aromatic carbocycles. The number of hydrogen-bond acceptors (Lipinski definition) is 6. The number of anilines is 3. The molecule has 23 heavy (non-hydrogen) atoms. The molecular formula is C15H20N6O2. The van der Waals surface area contributed by atoms with E-state index in [1.165, 1.54) is 0 Å². The largest absolute Gasteiger partial charge is 0.495 e. The summed E-state index contributed by atoms with van der Waals surface area (Å²) >= 11 is 0. The fraction of sp³-hybridized carbons (Fsp3) is 0.333. The number of nitrogens with zero attached hydrogens (tertiary/aromatic N) is 3. The van der Waals surface area contributed by atoms with Gasteiger partial charge in [0.05, 0.1) is 12.8 Å². The number of amides is 1. The highest BCUT2D eigenvalue weighted by Crippen LogP contribution is 2.30. The minimum absolute atomic E-state index is 0.208. The monoisotopic (exact) mass is 316 g/mol. The summed E-state index contributed by atoms with van der Waals surface area (Å²) in [4.78, 5) is 15.8. The molecule has 2 aromatic rings. The predicted octanol–water partition coefficient (Wildman–Crippen LogP) is 0.426. The molecule has 8 heteroatoms. The van der Waals surface area contributed by atoms with Gasteiger partial charge in [0.15, 0.2) is 5.82 Å². The number of methoxy groups -OCH3 is 1. The number of ether oxygens (including phenoxy) is 1. The van der Waals surface area contributed by atoms with Gasteiger partial charge in [-0.2, -0.15) is 5.10 Å². The maximum atomic E-state index is 11.5.